The first-order chi connectivity index (χ1) is 6.40. The van der Waals surface area contributed by atoms with Crippen molar-refractivity contribution in [1.29, 1.82) is 0 Å². The number of pyridine rings is 1. The second kappa shape index (κ2) is 3.92. The predicted molar refractivity (Wildman–Crippen MR) is 60.5 cm³/mol. The monoisotopic (exact) mass is 210 g/mol. The van der Waals surface area contributed by atoms with Crippen LogP contribution in [0.25, 0.3) is 0 Å². The van der Waals surface area contributed by atoms with Crippen LogP contribution < -0.4 is 10.5 Å². The maximum Gasteiger partial charge on any atom is 0.148 e. The minimum atomic E-state index is -0.275. The van der Waals surface area contributed by atoms with Crippen molar-refractivity contribution >= 4 is 17.2 Å². The van der Waals surface area contributed by atoms with Crippen molar-refractivity contribution in [1.82, 2.24) is 4.98 Å². The largest absolute Gasteiger partial charge is 0.486 e. The Balaban J connectivity index is 3.02. The summed E-state index contributed by atoms with van der Waals surface area (Å²) in [6.45, 7) is 5.88. The number of nitrogens with two attached hydrogens (primary N) is 1. The van der Waals surface area contributed by atoms with Crippen LogP contribution in [0.15, 0.2) is 18.3 Å². The Bertz CT molecular complexity index is 344. The Morgan fingerprint density at radius 1 is 1.50 bits per heavy atom. The zero-order valence-electron chi connectivity index (χ0n) is 8.57. The summed E-state index contributed by atoms with van der Waals surface area (Å²) in [5.41, 5.74) is 5.79. The van der Waals surface area contributed by atoms with Gasteiger partial charge in [-0.15, -0.1) is 0 Å². The average molecular weight is 210 g/mol. The van der Waals surface area contributed by atoms with Crippen LogP contribution in [0.1, 0.15) is 26.5 Å². The second-order valence-electron chi connectivity index (χ2n) is 3.93. The van der Waals surface area contributed by atoms with E-state index in [9.17, 15) is 0 Å². The lowest BCUT2D eigenvalue weighted by Crippen LogP contribution is -2.25. The fourth-order valence-electron chi connectivity index (χ4n) is 0.988. The first-order valence-electron chi connectivity index (χ1n) is 4.34. The maximum absolute atomic E-state index is 5.66. The zero-order valence-corrected chi connectivity index (χ0v) is 9.39. The molecule has 0 saturated heterocycles. The molecule has 76 valence electrons. The van der Waals surface area contributed by atoms with Crippen molar-refractivity contribution in [2.24, 2.45) is 5.73 Å². The molecule has 0 saturated carbocycles. The van der Waals surface area contributed by atoms with Gasteiger partial charge in [-0.3, -0.25) is 0 Å². The van der Waals surface area contributed by atoms with E-state index in [1.165, 1.54) is 0 Å². The van der Waals surface area contributed by atoms with Gasteiger partial charge in [0.15, 0.2) is 0 Å². The standard InChI is InChI=1S/C10H14N2OS/c1-10(2,3)13-7-5-4-6-12-8(7)9(11)14/h4-6H,1-3H3,(H2,11,14). The lowest BCUT2D eigenvalue weighted by atomic mass is 10.2. The fourth-order valence-corrected chi connectivity index (χ4v) is 1.14. The van der Waals surface area contributed by atoms with Crippen molar-refractivity contribution in [3.8, 4) is 5.75 Å². The average Bonchev–Trinajstić information content (AvgIpc) is 2.01. The third-order valence-corrected chi connectivity index (χ3v) is 1.61. The van der Waals surface area contributed by atoms with Gasteiger partial charge in [0.2, 0.25) is 0 Å². The summed E-state index contributed by atoms with van der Waals surface area (Å²) >= 11 is 4.87. The first kappa shape index (κ1) is 10.9. The lowest BCUT2D eigenvalue weighted by Gasteiger charge is -2.22. The highest BCUT2D eigenvalue weighted by molar-refractivity contribution is 7.80. The van der Waals surface area contributed by atoms with Crippen LogP contribution in [0.3, 0.4) is 0 Å². The van der Waals surface area contributed by atoms with Crippen molar-refractivity contribution in [3.05, 3.63) is 24.0 Å². The summed E-state index contributed by atoms with van der Waals surface area (Å²) in [5, 5.41) is 0. The molecule has 1 rings (SSSR count). The van der Waals surface area contributed by atoms with E-state index in [0.717, 1.165) is 0 Å². The zero-order chi connectivity index (χ0) is 10.8. The van der Waals surface area contributed by atoms with E-state index in [2.05, 4.69) is 4.98 Å². The molecule has 1 aromatic rings. The Kier molecular flexibility index (Phi) is 3.06. The van der Waals surface area contributed by atoms with E-state index < -0.39 is 0 Å². The Morgan fingerprint density at radius 3 is 2.64 bits per heavy atom. The van der Waals surface area contributed by atoms with Crippen LogP contribution in [0.5, 0.6) is 5.75 Å². The third-order valence-electron chi connectivity index (χ3n) is 1.42. The van der Waals surface area contributed by atoms with Gasteiger partial charge in [-0.05, 0) is 32.9 Å². The highest BCUT2D eigenvalue weighted by Crippen LogP contribution is 2.20. The summed E-state index contributed by atoms with van der Waals surface area (Å²) in [5.74, 6) is 0.632. The van der Waals surface area contributed by atoms with Gasteiger partial charge in [-0.2, -0.15) is 0 Å². The number of ether oxygens (including phenoxy) is 1. The van der Waals surface area contributed by atoms with E-state index in [1.54, 1.807) is 12.3 Å². The van der Waals surface area contributed by atoms with E-state index in [1.807, 2.05) is 26.8 Å². The van der Waals surface area contributed by atoms with Crippen molar-refractivity contribution in [3.63, 3.8) is 0 Å². The highest BCUT2D eigenvalue weighted by atomic mass is 32.1. The van der Waals surface area contributed by atoms with Gasteiger partial charge in [0.05, 0.1) is 0 Å². The van der Waals surface area contributed by atoms with Crippen LogP contribution in [0, 0.1) is 0 Å². The molecule has 2 N–H and O–H groups in total. The molecule has 0 unspecified atom stereocenters. The highest BCUT2D eigenvalue weighted by Gasteiger charge is 2.15. The van der Waals surface area contributed by atoms with Gasteiger partial charge < -0.3 is 10.5 Å². The molecule has 4 heteroatoms. The van der Waals surface area contributed by atoms with E-state index in [4.69, 9.17) is 22.7 Å². The molecule has 1 heterocycles. The van der Waals surface area contributed by atoms with Gasteiger partial charge in [-0.1, -0.05) is 12.2 Å². The minimum absolute atomic E-state index is 0.254. The van der Waals surface area contributed by atoms with Crippen LogP contribution in [0.4, 0.5) is 0 Å². The molecule has 0 aromatic carbocycles. The van der Waals surface area contributed by atoms with Gasteiger partial charge >= 0.3 is 0 Å². The Labute approximate surface area is 89.3 Å². The molecule has 3 nitrogen and oxygen atoms in total. The van der Waals surface area contributed by atoms with E-state index >= 15 is 0 Å². The van der Waals surface area contributed by atoms with Crippen LogP contribution in [0.2, 0.25) is 0 Å². The van der Waals surface area contributed by atoms with Crippen LogP contribution in [-0.4, -0.2) is 15.6 Å². The van der Waals surface area contributed by atoms with Gasteiger partial charge in [-0.25, -0.2) is 4.98 Å². The van der Waals surface area contributed by atoms with Crippen LogP contribution in [-0.2, 0) is 0 Å². The predicted octanol–water partition coefficient (Wildman–Crippen LogP) is 1.89. The van der Waals surface area contributed by atoms with Crippen LogP contribution >= 0.6 is 12.2 Å². The molecule has 0 aliphatic rings. The number of hydrogen-bond donors (Lipinski definition) is 1. The fraction of sp³-hybridized carbons (Fsp3) is 0.400. The number of hydrogen-bond acceptors (Lipinski definition) is 3. The molecule has 0 spiro atoms. The summed E-state index contributed by atoms with van der Waals surface area (Å²) < 4.78 is 5.66. The lowest BCUT2D eigenvalue weighted by molar-refractivity contribution is 0.130. The first-order valence-corrected chi connectivity index (χ1v) is 4.75. The number of thiocarbonyl (C=S) groups is 1. The van der Waals surface area contributed by atoms with E-state index in [-0.39, 0.29) is 10.6 Å². The number of aromatic nitrogens is 1. The molecule has 0 atom stereocenters. The Hall–Kier alpha value is -1.16. The summed E-state index contributed by atoms with van der Waals surface area (Å²) in [6, 6.07) is 3.61. The van der Waals surface area contributed by atoms with Gasteiger partial charge in [0, 0.05) is 6.20 Å². The molecule has 14 heavy (non-hydrogen) atoms. The molecule has 0 fully saturated rings. The quantitative estimate of drug-likeness (QED) is 0.757. The van der Waals surface area contributed by atoms with Crippen molar-refractivity contribution in [2.75, 3.05) is 0 Å². The molecule has 0 aliphatic carbocycles. The number of nitrogens with zero attached hydrogens (tertiary/aromatic N) is 1. The molecule has 1 aromatic heterocycles. The molecule has 0 aliphatic heterocycles. The summed E-state index contributed by atoms with van der Waals surface area (Å²) in [4.78, 5) is 4.33. The van der Waals surface area contributed by atoms with Gasteiger partial charge in [0.25, 0.3) is 0 Å². The normalized spacial score (nSPS) is 11.1. The van der Waals surface area contributed by atoms with Crippen molar-refractivity contribution < 1.29 is 4.74 Å². The topological polar surface area (TPSA) is 48.1 Å². The SMILES string of the molecule is CC(C)(C)Oc1cccnc1C(N)=S. The van der Waals surface area contributed by atoms with E-state index in [0.29, 0.717) is 11.4 Å². The minimum Gasteiger partial charge on any atom is -0.486 e. The van der Waals surface area contributed by atoms with Crippen molar-refractivity contribution in [2.45, 2.75) is 26.4 Å². The second-order valence-corrected chi connectivity index (χ2v) is 4.37. The Morgan fingerprint density at radius 2 is 2.14 bits per heavy atom. The molecular weight excluding hydrogens is 196 g/mol. The molecule has 0 bridgehead atoms. The number of rotatable bonds is 2. The summed E-state index contributed by atoms with van der Waals surface area (Å²) in [7, 11) is 0. The van der Waals surface area contributed by atoms with Gasteiger partial charge in [0.1, 0.15) is 22.0 Å². The third kappa shape index (κ3) is 2.96. The molecular formula is C10H14N2OS. The summed E-state index contributed by atoms with van der Waals surface area (Å²) in [6.07, 6.45) is 1.64. The molecule has 0 amide bonds. The molecule has 0 radical (unpaired) electrons. The smallest absolute Gasteiger partial charge is 0.148 e. The maximum atomic E-state index is 5.66.